The van der Waals surface area contributed by atoms with Gasteiger partial charge < -0.3 is 24.8 Å². The Labute approximate surface area is 141 Å². The summed E-state index contributed by atoms with van der Waals surface area (Å²) in [5.74, 6) is 0.715. The molecule has 1 aliphatic heterocycles. The van der Waals surface area contributed by atoms with Gasteiger partial charge in [-0.25, -0.2) is 0 Å². The summed E-state index contributed by atoms with van der Waals surface area (Å²) in [7, 11) is 0. The Bertz CT molecular complexity index is 628. The van der Waals surface area contributed by atoms with Crippen LogP contribution in [-0.4, -0.2) is 40.2 Å². The molecule has 0 bridgehead atoms. The van der Waals surface area contributed by atoms with Crippen molar-refractivity contribution in [3.63, 3.8) is 0 Å². The Morgan fingerprint density at radius 3 is 2.38 bits per heavy atom. The van der Waals surface area contributed by atoms with E-state index in [1.165, 1.54) is 0 Å². The molecular weight excluding hydrogens is 308 g/mol. The van der Waals surface area contributed by atoms with E-state index < -0.39 is 24.4 Å². The highest BCUT2D eigenvalue weighted by Crippen LogP contribution is 2.32. The Kier molecular flexibility index (Phi) is 5.48. The number of hydrogen-bond acceptors (Lipinski definition) is 5. The Morgan fingerprint density at radius 1 is 1.00 bits per heavy atom. The standard InChI is InChI=1S/C19H22O5/c20-11-16-10-17(21)18(22)19(24-16)14-6-8-15(9-7-14)23-12-13-4-2-1-3-5-13/h1-9,16-22H,10-12H2/t16?,17?,18?,19-/m1/s1. The SMILES string of the molecule is OCC1CC(O)C(O)[C@@H](c2ccc(OCc3ccccc3)cc2)O1. The van der Waals surface area contributed by atoms with E-state index in [0.717, 1.165) is 11.1 Å². The smallest absolute Gasteiger partial charge is 0.119 e. The first-order chi connectivity index (χ1) is 11.7. The van der Waals surface area contributed by atoms with Crippen LogP contribution in [0, 0.1) is 0 Å². The summed E-state index contributed by atoms with van der Waals surface area (Å²) in [6.45, 7) is 0.298. The van der Waals surface area contributed by atoms with Crippen LogP contribution in [0.1, 0.15) is 23.7 Å². The van der Waals surface area contributed by atoms with Crippen LogP contribution in [0.4, 0.5) is 0 Å². The van der Waals surface area contributed by atoms with Gasteiger partial charge in [0.25, 0.3) is 0 Å². The van der Waals surface area contributed by atoms with Gasteiger partial charge in [0, 0.05) is 6.42 Å². The van der Waals surface area contributed by atoms with E-state index in [-0.39, 0.29) is 13.0 Å². The minimum atomic E-state index is -1.01. The normalized spacial score (nSPS) is 27.0. The largest absolute Gasteiger partial charge is 0.489 e. The van der Waals surface area contributed by atoms with Crippen molar-refractivity contribution in [1.82, 2.24) is 0 Å². The van der Waals surface area contributed by atoms with Crippen LogP contribution in [0.2, 0.25) is 0 Å². The molecule has 128 valence electrons. The predicted octanol–water partition coefficient (Wildman–Crippen LogP) is 1.81. The van der Waals surface area contributed by atoms with Crippen molar-refractivity contribution in [2.45, 2.75) is 37.4 Å². The average Bonchev–Trinajstić information content (AvgIpc) is 2.63. The zero-order valence-electron chi connectivity index (χ0n) is 13.3. The topological polar surface area (TPSA) is 79.2 Å². The maximum atomic E-state index is 10.1. The van der Waals surface area contributed by atoms with Gasteiger partial charge in [-0.1, -0.05) is 42.5 Å². The van der Waals surface area contributed by atoms with Crippen LogP contribution in [0.15, 0.2) is 54.6 Å². The molecule has 2 aromatic carbocycles. The fourth-order valence-corrected chi connectivity index (χ4v) is 2.84. The fourth-order valence-electron chi connectivity index (χ4n) is 2.84. The second kappa shape index (κ2) is 7.77. The van der Waals surface area contributed by atoms with E-state index in [0.29, 0.717) is 12.4 Å². The van der Waals surface area contributed by atoms with Crippen LogP contribution in [0.25, 0.3) is 0 Å². The van der Waals surface area contributed by atoms with Gasteiger partial charge in [-0.15, -0.1) is 0 Å². The van der Waals surface area contributed by atoms with E-state index in [9.17, 15) is 15.3 Å². The summed E-state index contributed by atoms with van der Waals surface area (Å²) in [5.41, 5.74) is 1.83. The summed E-state index contributed by atoms with van der Waals surface area (Å²) >= 11 is 0. The van der Waals surface area contributed by atoms with Crippen LogP contribution in [0.5, 0.6) is 5.75 Å². The average molecular weight is 330 g/mol. The first-order valence-corrected chi connectivity index (χ1v) is 8.06. The third kappa shape index (κ3) is 3.94. The molecule has 0 aliphatic carbocycles. The van der Waals surface area contributed by atoms with Crippen LogP contribution in [0.3, 0.4) is 0 Å². The minimum absolute atomic E-state index is 0.182. The summed E-state index contributed by atoms with van der Waals surface area (Å²) in [5, 5.41) is 29.3. The van der Waals surface area contributed by atoms with Gasteiger partial charge in [-0.05, 0) is 23.3 Å². The number of benzene rings is 2. The lowest BCUT2D eigenvalue weighted by Gasteiger charge is -2.36. The van der Waals surface area contributed by atoms with E-state index >= 15 is 0 Å². The van der Waals surface area contributed by atoms with E-state index in [1.54, 1.807) is 12.1 Å². The molecule has 5 nitrogen and oxygen atoms in total. The molecule has 0 aromatic heterocycles. The first kappa shape index (κ1) is 16.9. The molecule has 3 unspecified atom stereocenters. The minimum Gasteiger partial charge on any atom is -0.489 e. The zero-order valence-corrected chi connectivity index (χ0v) is 13.3. The second-order valence-electron chi connectivity index (χ2n) is 6.00. The Hall–Kier alpha value is -1.92. The van der Waals surface area contributed by atoms with Crippen LogP contribution >= 0.6 is 0 Å². The van der Waals surface area contributed by atoms with Gasteiger partial charge in [-0.2, -0.15) is 0 Å². The molecule has 1 fully saturated rings. The number of rotatable bonds is 5. The molecule has 2 aromatic rings. The molecule has 0 spiro atoms. The van der Waals surface area contributed by atoms with Gasteiger partial charge in [0.15, 0.2) is 0 Å². The predicted molar refractivity (Wildman–Crippen MR) is 88.5 cm³/mol. The Balaban J connectivity index is 1.65. The molecular formula is C19H22O5. The lowest BCUT2D eigenvalue weighted by atomic mass is 9.93. The van der Waals surface area contributed by atoms with Gasteiger partial charge in [0.1, 0.15) is 24.6 Å². The number of ether oxygens (including phenoxy) is 2. The Morgan fingerprint density at radius 2 is 1.71 bits per heavy atom. The van der Waals surface area contributed by atoms with Crippen molar-refractivity contribution in [3.05, 3.63) is 65.7 Å². The van der Waals surface area contributed by atoms with Crippen LogP contribution in [-0.2, 0) is 11.3 Å². The molecule has 3 N–H and O–H groups in total. The highest BCUT2D eigenvalue weighted by molar-refractivity contribution is 5.30. The van der Waals surface area contributed by atoms with Gasteiger partial charge in [0.05, 0.1) is 18.8 Å². The van der Waals surface area contributed by atoms with Crippen LogP contribution < -0.4 is 4.74 Å². The summed E-state index contributed by atoms with van der Waals surface area (Å²) < 4.78 is 11.4. The van der Waals surface area contributed by atoms with Crippen molar-refractivity contribution in [2.75, 3.05) is 6.61 Å². The van der Waals surface area contributed by atoms with Crippen molar-refractivity contribution in [3.8, 4) is 5.75 Å². The third-order valence-electron chi connectivity index (χ3n) is 4.21. The summed E-state index contributed by atoms with van der Waals surface area (Å²) in [4.78, 5) is 0. The lowest BCUT2D eigenvalue weighted by molar-refractivity contribution is -0.179. The molecule has 5 heteroatoms. The van der Waals surface area contributed by atoms with Crippen molar-refractivity contribution in [1.29, 1.82) is 0 Å². The summed E-state index contributed by atoms with van der Waals surface area (Å²) in [6.07, 6.45) is -2.82. The zero-order chi connectivity index (χ0) is 16.9. The van der Waals surface area contributed by atoms with E-state index in [4.69, 9.17) is 9.47 Å². The highest BCUT2D eigenvalue weighted by atomic mass is 16.5. The van der Waals surface area contributed by atoms with Crippen molar-refractivity contribution < 1.29 is 24.8 Å². The molecule has 1 heterocycles. The molecule has 24 heavy (non-hydrogen) atoms. The van der Waals surface area contributed by atoms with Crippen molar-refractivity contribution >= 4 is 0 Å². The molecule has 0 radical (unpaired) electrons. The summed E-state index contributed by atoms with van der Waals surface area (Å²) in [6, 6.07) is 17.1. The number of hydrogen-bond donors (Lipinski definition) is 3. The highest BCUT2D eigenvalue weighted by Gasteiger charge is 2.37. The molecule has 3 rings (SSSR count). The van der Waals surface area contributed by atoms with Gasteiger partial charge in [0.2, 0.25) is 0 Å². The lowest BCUT2D eigenvalue weighted by Crippen LogP contribution is -2.44. The molecule has 0 amide bonds. The monoisotopic (exact) mass is 330 g/mol. The molecule has 0 saturated carbocycles. The van der Waals surface area contributed by atoms with E-state index in [2.05, 4.69) is 0 Å². The number of aliphatic hydroxyl groups is 3. The maximum Gasteiger partial charge on any atom is 0.119 e. The maximum absolute atomic E-state index is 10.1. The molecule has 1 saturated heterocycles. The van der Waals surface area contributed by atoms with E-state index in [1.807, 2.05) is 42.5 Å². The second-order valence-corrected chi connectivity index (χ2v) is 6.00. The third-order valence-corrected chi connectivity index (χ3v) is 4.21. The first-order valence-electron chi connectivity index (χ1n) is 8.06. The molecule has 1 aliphatic rings. The fraction of sp³-hybridized carbons (Fsp3) is 0.368. The molecule has 4 atom stereocenters. The van der Waals surface area contributed by atoms with Crippen molar-refractivity contribution in [2.24, 2.45) is 0 Å². The number of aliphatic hydroxyl groups excluding tert-OH is 3. The quantitative estimate of drug-likeness (QED) is 0.779. The van der Waals surface area contributed by atoms with Gasteiger partial charge in [-0.3, -0.25) is 0 Å². The van der Waals surface area contributed by atoms with Gasteiger partial charge >= 0.3 is 0 Å².